The average Bonchev–Trinajstić information content (AvgIpc) is 3.10. The van der Waals surface area contributed by atoms with E-state index in [-0.39, 0.29) is 23.6 Å². The van der Waals surface area contributed by atoms with Gasteiger partial charge in [-0.15, -0.1) is 0 Å². The Kier molecular flexibility index (Phi) is 4.70. The van der Waals surface area contributed by atoms with Gasteiger partial charge < -0.3 is 9.88 Å². The molecule has 32 heavy (non-hydrogen) atoms. The molecule has 7 nitrogen and oxygen atoms in total. The van der Waals surface area contributed by atoms with E-state index in [1.54, 1.807) is 53.4 Å². The lowest BCUT2D eigenvalue weighted by Crippen LogP contribution is -2.21. The largest absolute Gasteiger partial charge is 0.322 e. The summed E-state index contributed by atoms with van der Waals surface area (Å²) in [6.45, 7) is -0.236. The first kappa shape index (κ1) is 19.6. The van der Waals surface area contributed by atoms with Crippen LogP contribution in [0.1, 0.15) is 0 Å². The van der Waals surface area contributed by atoms with E-state index in [2.05, 4.69) is 15.3 Å². The molecule has 1 amide bonds. The summed E-state index contributed by atoms with van der Waals surface area (Å²) in [6, 6.07) is 14.9. The van der Waals surface area contributed by atoms with E-state index in [4.69, 9.17) is 0 Å². The van der Waals surface area contributed by atoms with Crippen LogP contribution >= 0.6 is 0 Å². The van der Waals surface area contributed by atoms with Gasteiger partial charge in [0.1, 0.15) is 18.2 Å². The highest BCUT2D eigenvalue weighted by molar-refractivity contribution is 5.93. The molecule has 0 spiro atoms. The third-order valence-corrected chi connectivity index (χ3v) is 5.04. The number of anilines is 1. The summed E-state index contributed by atoms with van der Waals surface area (Å²) in [5.41, 5.74) is 1.89. The fourth-order valence-electron chi connectivity index (χ4n) is 3.62. The molecule has 3 aromatic heterocycles. The lowest BCUT2D eigenvalue weighted by molar-refractivity contribution is -0.116. The summed E-state index contributed by atoms with van der Waals surface area (Å²) < 4.78 is 30.1. The minimum Gasteiger partial charge on any atom is -0.322 e. The number of carbonyl (C=O) groups is 1. The van der Waals surface area contributed by atoms with Gasteiger partial charge in [0.15, 0.2) is 0 Å². The van der Waals surface area contributed by atoms with Crippen LogP contribution in [0.15, 0.2) is 77.9 Å². The van der Waals surface area contributed by atoms with Crippen LogP contribution in [-0.2, 0) is 11.3 Å². The molecule has 5 aromatic rings. The summed E-state index contributed by atoms with van der Waals surface area (Å²) in [6.07, 6.45) is 3.19. The summed E-state index contributed by atoms with van der Waals surface area (Å²) in [7, 11) is 0. The first-order valence-corrected chi connectivity index (χ1v) is 9.67. The van der Waals surface area contributed by atoms with Crippen molar-refractivity contribution in [3.8, 4) is 11.3 Å². The second-order valence-electron chi connectivity index (χ2n) is 7.10. The molecule has 158 valence electrons. The van der Waals surface area contributed by atoms with E-state index in [1.807, 2.05) is 0 Å². The lowest BCUT2D eigenvalue weighted by Gasteiger charge is -2.09. The van der Waals surface area contributed by atoms with Gasteiger partial charge in [-0.05, 0) is 36.4 Å². The Morgan fingerprint density at radius 1 is 0.969 bits per heavy atom. The molecule has 0 radical (unpaired) electrons. The van der Waals surface area contributed by atoms with Crippen molar-refractivity contribution in [2.75, 3.05) is 5.32 Å². The third kappa shape index (κ3) is 3.39. The molecule has 0 aliphatic heterocycles. The van der Waals surface area contributed by atoms with E-state index in [0.717, 1.165) is 12.1 Å². The highest BCUT2D eigenvalue weighted by Gasteiger charge is 2.18. The molecule has 5 rings (SSSR count). The predicted octanol–water partition coefficient (Wildman–Crippen LogP) is 3.63. The van der Waals surface area contributed by atoms with Crippen LogP contribution in [0, 0.1) is 11.6 Å². The van der Waals surface area contributed by atoms with Gasteiger partial charge in [-0.3, -0.25) is 14.6 Å². The van der Waals surface area contributed by atoms with Gasteiger partial charge in [0.05, 0.1) is 22.4 Å². The van der Waals surface area contributed by atoms with Crippen LogP contribution in [0.3, 0.4) is 0 Å². The van der Waals surface area contributed by atoms with Gasteiger partial charge in [-0.25, -0.2) is 18.2 Å². The first-order valence-electron chi connectivity index (χ1n) is 9.67. The Morgan fingerprint density at radius 2 is 1.72 bits per heavy atom. The highest BCUT2D eigenvalue weighted by Crippen LogP contribution is 2.22. The van der Waals surface area contributed by atoms with E-state index in [1.165, 1.54) is 10.5 Å². The maximum absolute atomic E-state index is 14.0. The zero-order valence-corrected chi connectivity index (χ0v) is 16.5. The van der Waals surface area contributed by atoms with Crippen molar-refractivity contribution in [1.82, 2.24) is 18.9 Å². The topological polar surface area (TPSA) is 81.3 Å². The third-order valence-electron chi connectivity index (χ3n) is 5.04. The molecule has 0 bridgehead atoms. The number of aromatic nitrogens is 4. The molecular weight excluding hydrogens is 416 g/mol. The van der Waals surface area contributed by atoms with Crippen molar-refractivity contribution in [3.05, 3.63) is 95.0 Å². The molecule has 0 unspecified atom stereocenters. The van der Waals surface area contributed by atoms with Gasteiger partial charge in [0, 0.05) is 30.1 Å². The van der Waals surface area contributed by atoms with Crippen LogP contribution in [0.25, 0.3) is 28.1 Å². The quantitative estimate of drug-likeness (QED) is 0.471. The van der Waals surface area contributed by atoms with Crippen LogP contribution in [0.5, 0.6) is 0 Å². The van der Waals surface area contributed by atoms with Crippen molar-refractivity contribution in [2.24, 2.45) is 0 Å². The van der Waals surface area contributed by atoms with Crippen molar-refractivity contribution in [3.63, 3.8) is 0 Å². The highest BCUT2D eigenvalue weighted by atomic mass is 19.1. The van der Waals surface area contributed by atoms with Crippen molar-refractivity contribution < 1.29 is 13.6 Å². The number of imidazole rings is 1. The number of amides is 1. The number of carbonyl (C=O) groups excluding carboxylic acids is 1. The minimum atomic E-state index is -0.880. The van der Waals surface area contributed by atoms with Crippen LogP contribution in [0.4, 0.5) is 14.5 Å². The Hall–Kier alpha value is -4.40. The van der Waals surface area contributed by atoms with Crippen LogP contribution in [0.2, 0.25) is 0 Å². The molecule has 9 heteroatoms. The second kappa shape index (κ2) is 7.69. The zero-order valence-electron chi connectivity index (χ0n) is 16.5. The van der Waals surface area contributed by atoms with E-state index >= 15 is 0 Å². The van der Waals surface area contributed by atoms with E-state index in [9.17, 15) is 18.4 Å². The molecule has 0 fully saturated rings. The van der Waals surface area contributed by atoms with Gasteiger partial charge in [0.25, 0.3) is 5.56 Å². The zero-order chi connectivity index (χ0) is 22.2. The van der Waals surface area contributed by atoms with Crippen molar-refractivity contribution >= 4 is 28.4 Å². The first-order chi connectivity index (χ1) is 15.5. The Labute approximate surface area is 179 Å². The number of nitrogens with one attached hydrogen (secondary N) is 1. The number of pyridine rings is 1. The molecule has 0 aliphatic carbocycles. The van der Waals surface area contributed by atoms with E-state index < -0.39 is 17.5 Å². The van der Waals surface area contributed by atoms with Gasteiger partial charge in [-0.1, -0.05) is 12.1 Å². The average molecular weight is 431 g/mol. The second-order valence-corrected chi connectivity index (χ2v) is 7.10. The van der Waals surface area contributed by atoms with Gasteiger partial charge in [0.2, 0.25) is 11.7 Å². The Balaban J connectivity index is 1.63. The van der Waals surface area contributed by atoms with Crippen molar-refractivity contribution in [2.45, 2.75) is 6.54 Å². The monoisotopic (exact) mass is 431 g/mol. The fourth-order valence-corrected chi connectivity index (χ4v) is 3.62. The molecule has 0 saturated heterocycles. The number of halogens is 2. The van der Waals surface area contributed by atoms with Crippen LogP contribution < -0.4 is 10.9 Å². The van der Waals surface area contributed by atoms with E-state index in [0.29, 0.717) is 28.4 Å². The summed E-state index contributed by atoms with van der Waals surface area (Å²) >= 11 is 0. The molecule has 0 atom stereocenters. The van der Waals surface area contributed by atoms with Crippen molar-refractivity contribution in [1.29, 1.82) is 0 Å². The molecule has 1 N–H and O–H groups in total. The molecule has 3 heterocycles. The molecule has 0 saturated carbocycles. The normalized spacial score (nSPS) is 11.2. The SMILES string of the molecule is O=C(Cn1c2ccccc2n2c(=O)cc(-c3ccncc3)nc12)Nc1ccc(F)cc1F. The lowest BCUT2D eigenvalue weighted by atomic mass is 10.2. The number of para-hydroxylation sites is 2. The number of hydrogen-bond donors (Lipinski definition) is 1. The summed E-state index contributed by atoms with van der Waals surface area (Å²) in [4.78, 5) is 34.3. The van der Waals surface area contributed by atoms with Crippen LogP contribution in [-0.4, -0.2) is 24.8 Å². The summed E-state index contributed by atoms with van der Waals surface area (Å²) in [5.74, 6) is -1.91. The minimum absolute atomic E-state index is 0.139. The maximum atomic E-state index is 14.0. The number of benzene rings is 2. The Morgan fingerprint density at radius 3 is 2.47 bits per heavy atom. The Bertz CT molecular complexity index is 1540. The molecule has 2 aromatic carbocycles. The summed E-state index contributed by atoms with van der Waals surface area (Å²) in [5, 5.41) is 2.44. The standard InChI is InChI=1S/C23H15F2N5O2/c24-15-5-6-17(16(25)11-15)27-21(31)13-29-19-3-1-2-4-20(19)30-22(32)12-18(28-23(29)30)14-7-9-26-10-8-14/h1-12H,13H2,(H,27,31). The fraction of sp³-hybridized carbons (Fsp3) is 0.0435. The number of rotatable bonds is 4. The van der Waals surface area contributed by atoms with Gasteiger partial charge in [-0.2, -0.15) is 0 Å². The smallest absolute Gasteiger partial charge is 0.260 e. The number of hydrogen-bond acceptors (Lipinski definition) is 4. The molecular formula is C23H15F2N5O2. The molecule has 0 aliphatic rings. The number of fused-ring (bicyclic) bond motifs is 3. The van der Waals surface area contributed by atoms with Gasteiger partial charge >= 0.3 is 0 Å². The number of nitrogens with zero attached hydrogens (tertiary/aromatic N) is 4. The predicted molar refractivity (Wildman–Crippen MR) is 115 cm³/mol. The maximum Gasteiger partial charge on any atom is 0.260 e.